The standard InChI is InChI=1S/C18H20N4O3/c1-3-12(2)20-14(23)9-10-22-11-19-16-15(13-7-5-4-6-8-13)21-25-17(16)18(22)24/h4-8,11-12H,3,9-10H2,1-2H3,(H,20,23)/t12-/m1/s1. The van der Waals surface area contributed by atoms with Crippen LogP contribution in [0.5, 0.6) is 0 Å². The summed E-state index contributed by atoms with van der Waals surface area (Å²) in [6.07, 6.45) is 2.50. The van der Waals surface area contributed by atoms with Crippen LogP contribution in [0.15, 0.2) is 46.0 Å². The van der Waals surface area contributed by atoms with E-state index in [2.05, 4.69) is 15.5 Å². The van der Waals surface area contributed by atoms with Crippen molar-refractivity contribution in [2.24, 2.45) is 0 Å². The Kier molecular flexibility index (Phi) is 4.92. The van der Waals surface area contributed by atoms with Gasteiger partial charge in [0.05, 0.1) is 6.33 Å². The molecule has 0 unspecified atom stereocenters. The highest BCUT2D eigenvalue weighted by molar-refractivity contribution is 5.87. The van der Waals surface area contributed by atoms with Gasteiger partial charge in [0, 0.05) is 24.6 Å². The van der Waals surface area contributed by atoms with Crippen molar-refractivity contribution in [2.75, 3.05) is 0 Å². The molecule has 7 nitrogen and oxygen atoms in total. The van der Waals surface area contributed by atoms with Crippen LogP contribution in [0.4, 0.5) is 0 Å². The number of rotatable bonds is 6. The van der Waals surface area contributed by atoms with Crippen LogP contribution in [-0.4, -0.2) is 26.7 Å². The van der Waals surface area contributed by atoms with Crippen LogP contribution in [0.1, 0.15) is 26.7 Å². The van der Waals surface area contributed by atoms with Gasteiger partial charge in [-0.2, -0.15) is 0 Å². The van der Waals surface area contributed by atoms with Crippen LogP contribution in [0.3, 0.4) is 0 Å². The van der Waals surface area contributed by atoms with Crippen molar-refractivity contribution in [1.82, 2.24) is 20.0 Å². The maximum Gasteiger partial charge on any atom is 0.299 e. The number of carbonyl (C=O) groups is 1. The molecule has 2 aromatic heterocycles. The number of benzene rings is 1. The molecule has 0 spiro atoms. The molecule has 0 fully saturated rings. The Hall–Kier alpha value is -2.96. The van der Waals surface area contributed by atoms with Crippen molar-refractivity contribution in [1.29, 1.82) is 0 Å². The van der Waals surface area contributed by atoms with E-state index in [0.29, 0.717) is 11.2 Å². The molecule has 0 aliphatic heterocycles. The van der Waals surface area contributed by atoms with E-state index in [1.54, 1.807) is 0 Å². The van der Waals surface area contributed by atoms with Crippen molar-refractivity contribution in [3.8, 4) is 11.3 Å². The van der Waals surface area contributed by atoms with Crippen LogP contribution in [0.25, 0.3) is 22.4 Å². The van der Waals surface area contributed by atoms with Crippen LogP contribution >= 0.6 is 0 Å². The van der Waals surface area contributed by atoms with Gasteiger partial charge < -0.3 is 9.84 Å². The van der Waals surface area contributed by atoms with E-state index in [-0.39, 0.29) is 36.1 Å². The van der Waals surface area contributed by atoms with Gasteiger partial charge in [0.25, 0.3) is 11.1 Å². The van der Waals surface area contributed by atoms with Gasteiger partial charge in [-0.25, -0.2) is 4.98 Å². The summed E-state index contributed by atoms with van der Waals surface area (Å²) in [7, 11) is 0. The number of hydrogen-bond donors (Lipinski definition) is 1. The molecule has 0 radical (unpaired) electrons. The predicted octanol–water partition coefficient (Wildman–Crippen LogP) is 2.36. The summed E-state index contributed by atoms with van der Waals surface area (Å²) < 4.78 is 6.59. The van der Waals surface area contributed by atoms with Gasteiger partial charge in [-0.3, -0.25) is 14.2 Å². The third-order valence-corrected chi connectivity index (χ3v) is 4.10. The normalized spacial score (nSPS) is 12.2. The summed E-state index contributed by atoms with van der Waals surface area (Å²) in [5.41, 5.74) is 1.56. The molecular formula is C18H20N4O3. The Labute approximate surface area is 144 Å². The first-order valence-corrected chi connectivity index (χ1v) is 8.29. The van der Waals surface area contributed by atoms with Crippen LogP contribution in [-0.2, 0) is 11.3 Å². The molecule has 0 saturated carbocycles. The largest absolute Gasteiger partial charge is 0.354 e. The molecule has 1 amide bonds. The Balaban J connectivity index is 1.82. The summed E-state index contributed by atoms with van der Waals surface area (Å²) in [4.78, 5) is 28.7. The summed E-state index contributed by atoms with van der Waals surface area (Å²) in [5, 5.41) is 6.85. The lowest BCUT2D eigenvalue weighted by molar-refractivity contribution is -0.121. The number of fused-ring (bicyclic) bond motifs is 1. The van der Waals surface area contributed by atoms with E-state index in [9.17, 15) is 9.59 Å². The molecule has 0 saturated heterocycles. The average Bonchev–Trinajstić information content (AvgIpc) is 3.06. The first-order valence-electron chi connectivity index (χ1n) is 8.29. The Morgan fingerprint density at radius 2 is 2.08 bits per heavy atom. The lowest BCUT2D eigenvalue weighted by Gasteiger charge is -2.11. The minimum absolute atomic E-state index is 0.0936. The lowest BCUT2D eigenvalue weighted by atomic mass is 10.1. The number of aromatic nitrogens is 3. The summed E-state index contributed by atoms with van der Waals surface area (Å²) in [5.74, 6) is -0.0936. The molecule has 1 aromatic carbocycles. The highest BCUT2D eigenvalue weighted by Crippen LogP contribution is 2.23. The molecule has 7 heteroatoms. The monoisotopic (exact) mass is 340 g/mol. The van der Waals surface area contributed by atoms with Crippen molar-refractivity contribution in [3.63, 3.8) is 0 Å². The fourth-order valence-electron chi connectivity index (χ4n) is 2.47. The first-order chi connectivity index (χ1) is 12.1. The quantitative estimate of drug-likeness (QED) is 0.744. The Morgan fingerprint density at radius 3 is 2.80 bits per heavy atom. The van der Waals surface area contributed by atoms with Crippen molar-refractivity contribution in [2.45, 2.75) is 39.3 Å². The van der Waals surface area contributed by atoms with E-state index in [1.807, 2.05) is 44.2 Å². The molecule has 0 aliphatic rings. The molecule has 0 bridgehead atoms. The van der Waals surface area contributed by atoms with Crippen LogP contribution in [0.2, 0.25) is 0 Å². The maximum absolute atomic E-state index is 12.5. The van der Waals surface area contributed by atoms with E-state index < -0.39 is 0 Å². The van der Waals surface area contributed by atoms with Crippen molar-refractivity contribution in [3.05, 3.63) is 47.0 Å². The average molecular weight is 340 g/mol. The van der Waals surface area contributed by atoms with Gasteiger partial charge in [0.1, 0.15) is 11.2 Å². The smallest absolute Gasteiger partial charge is 0.299 e. The fourth-order valence-corrected chi connectivity index (χ4v) is 2.47. The van der Waals surface area contributed by atoms with E-state index in [1.165, 1.54) is 10.9 Å². The number of aryl methyl sites for hydroxylation is 1. The molecule has 3 aromatic rings. The van der Waals surface area contributed by atoms with Gasteiger partial charge >= 0.3 is 0 Å². The number of carbonyl (C=O) groups excluding carboxylic acids is 1. The third kappa shape index (κ3) is 3.60. The van der Waals surface area contributed by atoms with Crippen molar-refractivity contribution < 1.29 is 9.32 Å². The second kappa shape index (κ2) is 7.29. The van der Waals surface area contributed by atoms with Crippen LogP contribution < -0.4 is 10.9 Å². The van der Waals surface area contributed by atoms with Gasteiger partial charge in [-0.15, -0.1) is 0 Å². The third-order valence-electron chi connectivity index (χ3n) is 4.10. The highest BCUT2D eigenvalue weighted by Gasteiger charge is 2.16. The second-order valence-electron chi connectivity index (χ2n) is 5.94. The highest BCUT2D eigenvalue weighted by atomic mass is 16.5. The molecule has 1 atom stereocenters. The molecule has 3 rings (SSSR count). The Morgan fingerprint density at radius 1 is 1.32 bits per heavy atom. The number of nitrogens with one attached hydrogen (secondary N) is 1. The maximum atomic E-state index is 12.5. The zero-order valence-electron chi connectivity index (χ0n) is 14.2. The zero-order valence-corrected chi connectivity index (χ0v) is 14.2. The van der Waals surface area contributed by atoms with Gasteiger partial charge in [0.2, 0.25) is 5.91 Å². The number of hydrogen-bond acceptors (Lipinski definition) is 5. The number of nitrogens with zero attached hydrogens (tertiary/aromatic N) is 3. The van der Waals surface area contributed by atoms with E-state index >= 15 is 0 Å². The molecule has 1 N–H and O–H groups in total. The molecule has 130 valence electrons. The minimum atomic E-state index is -0.337. The second-order valence-corrected chi connectivity index (χ2v) is 5.94. The summed E-state index contributed by atoms with van der Waals surface area (Å²) in [6, 6.07) is 9.54. The molecule has 2 heterocycles. The van der Waals surface area contributed by atoms with E-state index in [4.69, 9.17) is 4.52 Å². The summed E-state index contributed by atoms with van der Waals surface area (Å²) >= 11 is 0. The van der Waals surface area contributed by atoms with Gasteiger partial charge in [-0.1, -0.05) is 42.4 Å². The van der Waals surface area contributed by atoms with Gasteiger partial charge in [-0.05, 0) is 13.3 Å². The van der Waals surface area contributed by atoms with Crippen LogP contribution in [0, 0.1) is 0 Å². The SMILES string of the molecule is CC[C@@H](C)NC(=O)CCn1cnc2c(-c3ccccc3)noc2c1=O. The lowest BCUT2D eigenvalue weighted by Crippen LogP contribution is -2.33. The first kappa shape index (κ1) is 16.9. The fraction of sp³-hybridized carbons (Fsp3) is 0.333. The topological polar surface area (TPSA) is 90.0 Å². The molecule has 0 aliphatic carbocycles. The van der Waals surface area contributed by atoms with Gasteiger partial charge in [0.15, 0.2) is 0 Å². The summed E-state index contributed by atoms with van der Waals surface area (Å²) in [6.45, 7) is 4.18. The Bertz CT molecular complexity index is 930. The van der Waals surface area contributed by atoms with E-state index in [0.717, 1.165) is 12.0 Å². The predicted molar refractivity (Wildman–Crippen MR) is 94.0 cm³/mol. The number of amides is 1. The molecule has 25 heavy (non-hydrogen) atoms. The van der Waals surface area contributed by atoms with Crippen molar-refractivity contribution >= 4 is 17.0 Å². The molecular weight excluding hydrogens is 320 g/mol. The minimum Gasteiger partial charge on any atom is -0.354 e. The zero-order chi connectivity index (χ0) is 17.8.